The molecule has 0 saturated heterocycles. The molecule has 1 aromatic carbocycles. The van der Waals surface area contributed by atoms with Gasteiger partial charge in [0.25, 0.3) is 0 Å². The van der Waals surface area contributed by atoms with Gasteiger partial charge in [0.2, 0.25) is 0 Å². The van der Waals surface area contributed by atoms with Crippen molar-refractivity contribution in [1.82, 2.24) is 20.2 Å². The lowest BCUT2D eigenvalue weighted by molar-refractivity contribution is 0.210. The second-order valence-electron chi connectivity index (χ2n) is 6.04. The lowest BCUT2D eigenvalue weighted by atomic mass is 10.1. The molecule has 0 radical (unpaired) electrons. The van der Waals surface area contributed by atoms with E-state index in [-0.39, 0.29) is 11.6 Å². The van der Waals surface area contributed by atoms with Crippen LogP contribution in [0.3, 0.4) is 0 Å². The van der Waals surface area contributed by atoms with Crippen molar-refractivity contribution in [2.75, 3.05) is 5.32 Å². The molecule has 3 aromatic heterocycles. The molecule has 0 saturated carbocycles. The van der Waals surface area contributed by atoms with Gasteiger partial charge in [0.1, 0.15) is 11.9 Å². The van der Waals surface area contributed by atoms with E-state index in [1.54, 1.807) is 0 Å². The highest BCUT2D eigenvalue weighted by Gasteiger charge is 2.19. The number of nitrogens with zero attached hydrogens (tertiary/aromatic N) is 3. The number of aromatic nitrogens is 4. The Morgan fingerprint density at radius 2 is 1.96 bits per heavy atom. The van der Waals surface area contributed by atoms with E-state index in [1.807, 2.05) is 25.3 Å². The summed E-state index contributed by atoms with van der Waals surface area (Å²) in [6.45, 7) is 3.87. The van der Waals surface area contributed by atoms with Crippen molar-refractivity contribution in [3.05, 3.63) is 64.2 Å². The van der Waals surface area contributed by atoms with Crippen LogP contribution in [0, 0.1) is 19.7 Å². The number of fused-ring (bicyclic) bond motifs is 1. The SMILES string of the molecule is Cc1cc(Nc2nc(C(O)c3ccc(F)cc3)nc3c(C)csc23)n[nH]1. The fourth-order valence-electron chi connectivity index (χ4n) is 2.65. The Morgan fingerprint density at radius 1 is 1.19 bits per heavy atom. The minimum absolute atomic E-state index is 0.250. The van der Waals surface area contributed by atoms with Gasteiger partial charge in [0.05, 0.1) is 10.2 Å². The van der Waals surface area contributed by atoms with E-state index < -0.39 is 6.10 Å². The number of aryl methyl sites for hydroxylation is 2. The highest BCUT2D eigenvalue weighted by molar-refractivity contribution is 7.18. The zero-order valence-electron chi connectivity index (χ0n) is 14.1. The first kappa shape index (κ1) is 16.6. The van der Waals surface area contributed by atoms with E-state index in [4.69, 9.17) is 0 Å². The summed E-state index contributed by atoms with van der Waals surface area (Å²) >= 11 is 1.53. The molecule has 0 fully saturated rings. The third-order valence-corrected chi connectivity index (χ3v) is 5.09. The predicted octanol–water partition coefficient (Wildman–Crippen LogP) is 4.00. The number of nitrogens with one attached hydrogen (secondary N) is 2. The summed E-state index contributed by atoms with van der Waals surface area (Å²) in [6.07, 6.45) is -1.05. The first-order valence-corrected chi connectivity index (χ1v) is 8.87. The minimum atomic E-state index is -1.05. The fourth-order valence-corrected chi connectivity index (χ4v) is 3.59. The normalized spacial score (nSPS) is 12.5. The first-order valence-electron chi connectivity index (χ1n) is 7.99. The van der Waals surface area contributed by atoms with E-state index >= 15 is 0 Å². The average molecular weight is 369 g/mol. The standard InChI is InChI=1S/C18H16FN5OS/c1-9-8-26-16-14(9)21-17(15(25)11-3-5-12(19)6-4-11)22-18(16)20-13-7-10(2)23-24-13/h3-8,15,25H,1-2H3,(H2,20,21,22,23,24). The number of benzene rings is 1. The maximum Gasteiger partial charge on any atom is 0.164 e. The molecule has 26 heavy (non-hydrogen) atoms. The number of halogens is 1. The van der Waals surface area contributed by atoms with Crippen molar-refractivity contribution in [2.24, 2.45) is 0 Å². The number of aromatic amines is 1. The average Bonchev–Trinajstić information content (AvgIpc) is 3.21. The van der Waals surface area contributed by atoms with Crippen LogP contribution in [-0.4, -0.2) is 25.3 Å². The van der Waals surface area contributed by atoms with E-state index in [0.29, 0.717) is 17.2 Å². The molecule has 132 valence electrons. The quantitative estimate of drug-likeness (QED) is 0.506. The summed E-state index contributed by atoms with van der Waals surface area (Å²) in [4.78, 5) is 9.04. The van der Waals surface area contributed by atoms with Crippen LogP contribution in [-0.2, 0) is 0 Å². The van der Waals surface area contributed by atoms with Crippen LogP contribution in [0.25, 0.3) is 10.2 Å². The third-order valence-electron chi connectivity index (χ3n) is 3.99. The van der Waals surface area contributed by atoms with E-state index in [1.165, 1.54) is 35.6 Å². The molecule has 1 unspecified atom stereocenters. The van der Waals surface area contributed by atoms with Crippen LogP contribution in [0.5, 0.6) is 0 Å². The van der Waals surface area contributed by atoms with Gasteiger partial charge in [-0.2, -0.15) is 5.10 Å². The van der Waals surface area contributed by atoms with Crippen LogP contribution in [0.2, 0.25) is 0 Å². The summed E-state index contributed by atoms with van der Waals surface area (Å²) in [7, 11) is 0. The van der Waals surface area contributed by atoms with Crippen LogP contribution >= 0.6 is 11.3 Å². The number of anilines is 2. The van der Waals surface area contributed by atoms with Gasteiger partial charge in [-0.1, -0.05) is 12.1 Å². The van der Waals surface area contributed by atoms with Crippen molar-refractivity contribution in [1.29, 1.82) is 0 Å². The highest BCUT2D eigenvalue weighted by atomic mass is 32.1. The maximum atomic E-state index is 13.1. The Kier molecular flexibility index (Phi) is 4.14. The second-order valence-corrected chi connectivity index (χ2v) is 6.92. The number of thiophene rings is 1. The zero-order chi connectivity index (χ0) is 18.3. The molecule has 4 aromatic rings. The topological polar surface area (TPSA) is 86.7 Å². The molecule has 8 heteroatoms. The summed E-state index contributed by atoms with van der Waals surface area (Å²) in [6, 6.07) is 7.53. The molecule has 6 nitrogen and oxygen atoms in total. The van der Waals surface area contributed by atoms with Gasteiger partial charge in [0.15, 0.2) is 17.5 Å². The molecule has 0 bridgehead atoms. The molecule has 0 spiro atoms. The fraction of sp³-hybridized carbons (Fsp3) is 0.167. The smallest absolute Gasteiger partial charge is 0.164 e. The maximum absolute atomic E-state index is 13.1. The van der Waals surface area contributed by atoms with Crippen LogP contribution in [0.15, 0.2) is 35.7 Å². The largest absolute Gasteiger partial charge is 0.380 e. The van der Waals surface area contributed by atoms with Crippen LogP contribution in [0.1, 0.15) is 28.7 Å². The molecule has 1 atom stereocenters. The third kappa shape index (κ3) is 3.04. The lowest BCUT2D eigenvalue weighted by Gasteiger charge is -2.12. The van der Waals surface area contributed by atoms with Gasteiger partial charge >= 0.3 is 0 Å². The zero-order valence-corrected chi connectivity index (χ0v) is 14.9. The first-order chi connectivity index (χ1) is 12.5. The molecule has 0 aliphatic carbocycles. The highest BCUT2D eigenvalue weighted by Crippen LogP contribution is 2.33. The Labute approximate surface area is 152 Å². The van der Waals surface area contributed by atoms with Crippen molar-refractivity contribution >= 4 is 33.2 Å². The Morgan fingerprint density at radius 3 is 2.65 bits per heavy atom. The van der Waals surface area contributed by atoms with E-state index in [2.05, 4.69) is 25.5 Å². The Balaban J connectivity index is 1.79. The number of rotatable bonds is 4. The van der Waals surface area contributed by atoms with Crippen molar-refractivity contribution in [3.63, 3.8) is 0 Å². The van der Waals surface area contributed by atoms with Crippen molar-refractivity contribution in [2.45, 2.75) is 20.0 Å². The molecule has 4 rings (SSSR count). The van der Waals surface area contributed by atoms with Gasteiger partial charge in [-0.3, -0.25) is 5.10 Å². The molecule has 0 amide bonds. The van der Waals surface area contributed by atoms with Crippen molar-refractivity contribution < 1.29 is 9.50 Å². The molecular formula is C18H16FN5OS. The molecule has 3 N–H and O–H groups in total. The van der Waals surface area contributed by atoms with Gasteiger partial charge in [-0.05, 0) is 42.5 Å². The van der Waals surface area contributed by atoms with Gasteiger partial charge < -0.3 is 10.4 Å². The predicted molar refractivity (Wildman–Crippen MR) is 99.2 cm³/mol. The van der Waals surface area contributed by atoms with E-state index in [0.717, 1.165) is 21.5 Å². The molecular weight excluding hydrogens is 353 g/mol. The summed E-state index contributed by atoms with van der Waals surface area (Å²) in [5.41, 5.74) is 3.23. The number of hydrogen-bond donors (Lipinski definition) is 3. The Hall–Kier alpha value is -2.84. The van der Waals surface area contributed by atoms with E-state index in [9.17, 15) is 9.50 Å². The summed E-state index contributed by atoms with van der Waals surface area (Å²) < 4.78 is 14.0. The van der Waals surface area contributed by atoms with Crippen LogP contribution in [0.4, 0.5) is 16.0 Å². The number of aliphatic hydroxyl groups excluding tert-OH is 1. The van der Waals surface area contributed by atoms with Gasteiger partial charge in [0, 0.05) is 11.8 Å². The van der Waals surface area contributed by atoms with Crippen molar-refractivity contribution in [3.8, 4) is 0 Å². The molecule has 3 heterocycles. The van der Waals surface area contributed by atoms with Gasteiger partial charge in [-0.25, -0.2) is 14.4 Å². The van der Waals surface area contributed by atoms with Gasteiger partial charge in [-0.15, -0.1) is 11.3 Å². The number of aliphatic hydroxyl groups is 1. The lowest BCUT2D eigenvalue weighted by Crippen LogP contribution is -2.08. The monoisotopic (exact) mass is 369 g/mol. The Bertz CT molecular complexity index is 1070. The summed E-state index contributed by atoms with van der Waals surface area (Å²) in [5, 5.41) is 22.9. The second kappa shape index (κ2) is 6.47. The molecule has 0 aliphatic rings. The molecule has 0 aliphatic heterocycles. The summed E-state index contributed by atoms with van der Waals surface area (Å²) in [5.74, 6) is 1.11. The van der Waals surface area contributed by atoms with Crippen LogP contribution < -0.4 is 5.32 Å². The number of H-pyrrole nitrogens is 1. The number of hydrogen-bond acceptors (Lipinski definition) is 6. The minimum Gasteiger partial charge on any atom is -0.380 e.